The Labute approximate surface area is 136 Å². The number of alkyl halides is 3. The first-order valence-corrected chi connectivity index (χ1v) is 6.69. The van der Waals surface area contributed by atoms with Crippen LogP contribution in [0.5, 0.6) is 0 Å². The van der Waals surface area contributed by atoms with Gasteiger partial charge in [0.25, 0.3) is 0 Å². The first-order chi connectivity index (χ1) is 11.0. The summed E-state index contributed by atoms with van der Waals surface area (Å²) in [5.74, 6) is -1.51. The third-order valence-corrected chi connectivity index (χ3v) is 3.51. The first kappa shape index (κ1) is 17.7. The molecule has 9 nitrogen and oxygen atoms in total. The van der Waals surface area contributed by atoms with Crippen LogP contribution in [-0.4, -0.2) is 30.8 Å². The number of rotatable bonds is 4. The maximum Gasteiger partial charge on any atom is 0.437 e. The van der Waals surface area contributed by atoms with E-state index in [1.807, 2.05) is 0 Å². The van der Waals surface area contributed by atoms with Crippen molar-refractivity contribution < 1.29 is 22.9 Å². The molecule has 0 spiro atoms. The van der Waals surface area contributed by atoms with E-state index in [9.17, 15) is 28.1 Å². The number of nitrogens with one attached hydrogen (secondary N) is 2. The van der Waals surface area contributed by atoms with E-state index < -0.39 is 40.8 Å². The highest BCUT2D eigenvalue weighted by molar-refractivity contribution is 6.33. The van der Waals surface area contributed by atoms with Crippen LogP contribution in [0.15, 0.2) is 0 Å². The average molecular weight is 367 g/mol. The van der Waals surface area contributed by atoms with Crippen LogP contribution in [0.25, 0.3) is 0 Å². The molecule has 2 rings (SSSR count). The third kappa shape index (κ3) is 3.32. The molecular weight excluding hydrogens is 357 g/mol. The van der Waals surface area contributed by atoms with Gasteiger partial charge in [-0.3, -0.25) is 9.89 Å². The molecule has 0 saturated heterocycles. The minimum atomic E-state index is -4.75. The fourth-order valence-corrected chi connectivity index (χ4v) is 2.09. The molecule has 1 amide bonds. The Kier molecular flexibility index (Phi) is 4.51. The molecule has 0 bridgehead atoms. The van der Waals surface area contributed by atoms with Crippen LogP contribution in [0.1, 0.15) is 17.1 Å². The van der Waals surface area contributed by atoms with Gasteiger partial charge in [0.1, 0.15) is 6.54 Å². The lowest BCUT2D eigenvalue weighted by molar-refractivity contribution is -0.389. The van der Waals surface area contributed by atoms with Crippen LogP contribution in [0.2, 0.25) is 5.02 Å². The van der Waals surface area contributed by atoms with Gasteiger partial charge in [0.2, 0.25) is 5.91 Å². The number of aromatic amines is 1. The number of hydrogen-bond donors (Lipinski definition) is 2. The number of aryl methyl sites for hydroxylation is 1. The van der Waals surface area contributed by atoms with Crippen molar-refractivity contribution in [1.29, 1.82) is 0 Å². The van der Waals surface area contributed by atoms with Crippen LogP contribution < -0.4 is 5.32 Å². The zero-order valence-electron chi connectivity index (χ0n) is 12.2. The number of halogens is 4. The molecule has 0 aromatic carbocycles. The number of carbonyl (C=O) groups is 1. The van der Waals surface area contributed by atoms with Gasteiger partial charge >= 0.3 is 12.0 Å². The fourth-order valence-electron chi connectivity index (χ4n) is 1.88. The van der Waals surface area contributed by atoms with E-state index in [1.54, 1.807) is 0 Å². The molecule has 2 aromatic rings. The number of H-pyrrole nitrogens is 1. The Balaban J connectivity index is 2.23. The summed E-state index contributed by atoms with van der Waals surface area (Å²) in [5, 5.41) is 21.4. The lowest BCUT2D eigenvalue weighted by Gasteiger charge is -2.08. The van der Waals surface area contributed by atoms with E-state index in [4.69, 9.17) is 11.6 Å². The predicted molar refractivity (Wildman–Crippen MR) is 75.6 cm³/mol. The normalized spacial score (nSPS) is 11.6. The van der Waals surface area contributed by atoms with E-state index in [-0.39, 0.29) is 16.4 Å². The number of nitrogens with zero attached hydrogens (tertiary/aromatic N) is 4. The molecular formula is C11H10ClF3N6O3. The second kappa shape index (κ2) is 6.11. The number of nitro groups is 1. The molecule has 2 heterocycles. The molecule has 130 valence electrons. The number of amides is 1. The maximum absolute atomic E-state index is 12.8. The van der Waals surface area contributed by atoms with Crippen LogP contribution in [0, 0.1) is 24.0 Å². The number of anilines is 1. The second-order valence-electron chi connectivity index (χ2n) is 4.76. The number of carbonyl (C=O) groups excluding carboxylic acids is 1. The van der Waals surface area contributed by atoms with Gasteiger partial charge in [-0.1, -0.05) is 11.6 Å². The van der Waals surface area contributed by atoms with Crippen molar-refractivity contribution in [2.45, 2.75) is 26.6 Å². The Morgan fingerprint density at radius 3 is 2.58 bits per heavy atom. The van der Waals surface area contributed by atoms with Gasteiger partial charge in [-0.15, -0.1) is 0 Å². The smallest absolute Gasteiger partial charge is 0.358 e. The van der Waals surface area contributed by atoms with Gasteiger partial charge in [0.15, 0.2) is 10.7 Å². The zero-order chi connectivity index (χ0) is 18.2. The minimum Gasteiger partial charge on any atom is -0.358 e. The predicted octanol–water partition coefficient (Wildman–Crippen LogP) is 2.44. The lowest BCUT2D eigenvalue weighted by atomic mass is 10.3. The first-order valence-electron chi connectivity index (χ1n) is 6.31. The molecule has 0 aliphatic heterocycles. The largest absolute Gasteiger partial charge is 0.437 e. The lowest BCUT2D eigenvalue weighted by Crippen LogP contribution is -2.22. The fraction of sp³-hybridized carbons (Fsp3) is 0.364. The molecule has 0 fully saturated rings. The van der Waals surface area contributed by atoms with Gasteiger partial charge in [-0.05, 0) is 18.8 Å². The van der Waals surface area contributed by atoms with Gasteiger partial charge in [0, 0.05) is 0 Å². The molecule has 2 aromatic heterocycles. The molecule has 24 heavy (non-hydrogen) atoms. The van der Waals surface area contributed by atoms with Crippen molar-refractivity contribution in [2.75, 3.05) is 5.32 Å². The summed E-state index contributed by atoms with van der Waals surface area (Å²) in [6, 6.07) is 0. The van der Waals surface area contributed by atoms with Gasteiger partial charge in [-0.2, -0.15) is 23.0 Å². The molecule has 0 radical (unpaired) electrons. The molecule has 0 saturated carbocycles. The van der Waals surface area contributed by atoms with Crippen molar-refractivity contribution in [1.82, 2.24) is 20.0 Å². The Bertz CT molecular complexity index is 813. The SMILES string of the molecule is Cc1[nH]nc(C(F)(F)F)c1NC(=O)Cn1nc([N+](=O)[O-])c(Cl)c1C. The zero-order valence-corrected chi connectivity index (χ0v) is 13.0. The summed E-state index contributed by atoms with van der Waals surface area (Å²) in [5.41, 5.74) is -1.64. The quantitative estimate of drug-likeness (QED) is 0.636. The molecule has 0 unspecified atom stereocenters. The van der Waals surface area contributed by atoms with Crippen LogP contribution >= 0.6 is 11.6 Å². The van der Waals surface area contributed by atoms with Crippen molar-refractivity contribution in [3.63, 3.8) is 0 Å². The summed E-state index contributed by atoms with van der Waals surface area (Å²) in [7, 11) is 0. The highest BCUT2D eigenvalue weighted by atomic mass is 35.5. The van der Waals surface area contributed by atoms with Gasteiger partial charge in [0.05, 0.1) is 22.2 Å². The summed E-state index contributed by atoms with van der Waals surface area (Å²) < 4.78 is 39.3. The summed E-state index contributed by atoms with van der Waals surface area (Å²) in [6.45, 7) is 2.14. The van der Waals surface area contributed by atoms with E-state index in [1.165, 1.54) is 13.8 Å². The molecule has 0 atom stereocenters. The number of hydrogen-bond acceptors (Lipinski definition) is 5. The minimum absolute atomic E-state index is 0.0110. The topological polar surface area (TPSA) is 119 Å². The summed E-state index contributed by atoms with van der Waals surface area (Å²) in [4.78, 5) is 21.9. The van der Waals surface area contributed by atoms with Gasteiger partial charge in [-0.25, -0.2) is 0 Å². The van der Waals surface area contributed by atoms with E-state index >= 15 is 0 Å². The van der Waals surface area contributed by atoms with Crippen LogP contribution in [-0.2, 0) is 17.5 Å². The summed E-state index contributed by atoms with van der Waals surface area (Å²) in [6.07, 6.45) is -4.75. The molecule has 13 heteroatoms. The van der Waals surface area contributed by atoms with Gasteiger partial charge < -0.3 is 15.4 Å². The van der Waals surface area contributed by atoms with Crippen molar-refractivity contribution in [3.05, 3.63) is 32.2 Å². The van der Waals surface area contributed by atoms with Crippen LogP contribution in [0.4, 0.5) is 24.7 Å². The second-order valence-corrected chi connectivity index (χ2v) is 5.13. The Morgan fingerprint density at radius 1 is 1.46 bits per heavy atom. The highest BCUT2D eigenvalue weighted by Crippen LogP contribution is 2.34. The highest BCUT2D eigenvalue weighted by Gasteiger charge is 2.38. The molecule has 2 N–H and O–H groups in total. The van der Waals surface area contributed by atoms with Crippen molar-refractivity contribution >= 4 is 29.0 Å². The van der Waals surface area contributed by atoms with Crippen LogP contribution in [0.3, 0.4) is 0 Å². The average Bonchev–Trinajstić information content (AvgIpc) is 2.94. The molecule has 0 aliphatic rings. The monoisotopic (exact) mass is 366 g/mol. The standard InChI is InChI=1S/C11H10ClF3N6O3/c1-4-8(9(18-17-4)11(13,14)15)16-6(22)3-20-5(2)7(12)10(19-20)21(23)24/h3H2,1-2H3,(H,16,22)(H,17,18). The number of aromatic nitrogens is 4. The van der Waals surface area contributed by atoms with E-state index in [2.05, 4.69) is 20.6 Å². The molecule has 0 aliphatic carbocycles. The Morgan fingerprint density at radius 2 is 2.08 bits per heavy atom. The summed E-state index contributed by atoms with van der Waals surface area (Å²) >= 11 is 5.72. The van der Waals surface area contributed by atoms with Crippen molar-refractivity contribution in [2.24, 2.45) is 0 Å². The van der Waals surface area contributed by atoms with Crippen molar-refractivity contribution in [3.8, 4) is 0 Å². The van der Waals surface area contributed by atoms with E-state index in [0.29, 0.717) is 0 Å². The third-order valence-electron chi connectivity index (χ3n) is 3.06. The van der Waals surface area contributed by atoms with E-state index in [0.717, 1.165) is 4.68 Å². The Hall–Kier alpha value is -2.63. The maximum atomic E-state index is 12.8.